The smallest absolute Gasteiger partial charge is 0.270 e. The normalized spacial score (nSPS) is 10.7. The standard InChI is InChI=1S/C28H26N2O3S2/c1-2-12-29(13-5-8-22-6-3-9-26(15-22)30(31)32)18-23-7-4-10-27(16-23)33-19-28-17-25(21-35-28)24-11-14-34-20-24/h3-4,6-7,9-11,14-17,20-21H,2,12-13,18-19H2,1H3. The Balaban J connectivity index is 1.35. The number of rotatable bonds is 10. The molecule has 178 valence electrons. The van der Waals surface area contributed by atoms with Crippen molar-refractivity contribution in [3.8, 4) is 28.7 Å². The molecule has 2 aromatic carbocycles. The van der Waals surface area contributed by atoms with E-state index in [0.717, 1.165) is 25.3 Å². The number of hydrogen-bond acceptors (Lipinski definition) is 6. The highest BCUT2D eigenvalue weighted by molar-refractivity contribution is 7.10. The number of nitro groups is 1. The zero-order chi connectivity index (χ0) is 24.5. The molecule has 0 saturated carbocycles. The molecule has 2 heterocycles. The van der Waals surface area contributed by atoms with Gasteiger partial charge >= 0.3 is 0 Å². The molecule has 35 heavy (non-hydrogen) atoms. The van der Waals surface area contributed by atoms with Crippen LogP contribution in [-0.4, -0.2) is 22.9 Å². The Kier molecular flexibility index (Phi) is 8.68. The van der Waals surface area contributed by atoms with Crippen molar-refractivity contribution in [1.82, 2.24) is 4.90 Å². The van der Waals surface area contributed by atoms with Gasteiger partial charge in [0.05, 0.1) is 11.5 Å². The molecule has 0 radical (unpaired) electrons. The van der Waals surface area contributed by atoms with Crippen LogP contribution in [0.1, 0.15) is 29.3 Å². The quantitative estimate of drug-likeness (QED) is 0.130. The molecule has 0 spiro atoms. The molecule has 0 bridgehead atoms. The zero-order valence-electron chi connectivity index (χ0n) is 19.5. The van der Waals surface area contributed by atoms with Gasteiger partial charge in [-0.3, -0.25) is 15.0 Å². The number of benzene rings is 2. The summed E-state index contributed by atoms with van der Waals surface area (Å²) in [5, 5.41) is 17.4. The van der Waals surface area contributed by atoms with Crippen LogP contribution in [0.5, 0.6) is 5.75 Å². The second-order valence-corrected chi connectivity index (χ2v) is 9.85. The van der Waals surface area contributed by atoms with Crippen molar-refractivity contribution in [3.05, 3.63) is 103 Å². The van der Waals surface area contributed by atoms with Gasteiger partial charge in [0.2, 0.25) is 0 Å². The second kappa shape index (κ2) is 12.3. The fraction of sp³-hybridized carbons (Fsp3) is 0.214. The van der Waals surface area contributed by atoms with Gasteiger partial charge in [0.1, 0.15) is 12.4 Å². The van der Waals surface area contributed by atoms with Crippen molar-refractivity contribution in [1.29, 1.82) is 0 Å². The minimum absolute atomic E-state index is 0.0595. The molecule has 0 unspecified atom stereocenters. The first kappa shape index (κ1) is 24.7. The third kappa shape index (κ3) is 7.27. The maximum atomic E-state index is 11.0. The molecule has 7 heteroatoms. The Labute approximate surface area is 213 Å². The first-order chi connectivity index (χ1) is 17.1. The van der Waals surface area contributed by atoms with Crippen molar-refractivity contribution in [2.75, 3.05) is 13.1 Å². The van der Waals surface area contributed by atoms with Gasteiger partial charge in [-0.15, -0.1) is 11.3 Å². The van der Waals surface area contributed by atoms with Gasteiger partial charge in [0.25, 0.3) is 5.69 Å². The summed E-state index contributed by atoms with van der Waals surface area (Å²) >= 11 is 3.42. The van der Waals surface area contributed by atoms with Gasteiger partial charge in [-0.05, 0) is 76.1 Å². The van der Waals surface area contributed by atoms with E-state index in [1.165, 1.54) is 33.7 Å². The molecule has 4 aromatic rings. The van der Waals surface area contributed by atoms with Crippen LogP contribution in [0.4, 0.5) is 5.69 Å². The van der Waals surface area contributed by atoms with Crippen LogP contribution in [0.25, 0.3) is 11.1 Å². The largest absolute Gasteiger partial charge is 0.488 e. The highest BCUT2D eigenvalue weighted by Gasteiger charge is 2.08. The van der Waals surface area contributed by atoms with Crippen molar-refractivity contribution in [3.63, 3.8) is 0 Å². The van der Waals surface area contributed by atoms with Crippen LogP contribution < -0.4 is 4.74 Å². The van der Waals surface area contributed by atoms with E-state index in [1.807, 2.05) is 12.1 Å². The number of ether oxygens (including phenoxy) is 1. The van der Waals surface area contributed by atoms with Crippen LogP contribution in [0, 0.1) is 22.0 Å². The summed E-state index contributed by atoms with van der Waals surface area (Å²) in [4.78, 5) is 14.0. The van der Waals surface area contributed by atoms with E-state index in [1.54, 1.807) is 34.8 Å². The number of thiophene rings is 2. The summed E-state index contributed by atoms with van der Waals surface area (Å²) in [6.07, 6.45) is 1.01. The Hall–Kier alpha value is -3.44. The third-order valence-electron chi connectivity index (χ3n) is 5.33. The first-order valence-electron chi connectivity index (χ1n) is 11.4. The van der Waals surface area contributed by atoms with E-state index in [0.29, 0.717) is 18.7 Å². The SMILES string of the molecule is CCCN(CC#Cc1cccc([N+](=O)[O-])c1)Cc1cccc(OCc2cc(-c3ccsc3)cs2)c1. The summed E-state index contributed by atoms with van der Waals surface area (Å²) in [7, 11) is 0. The fourth-order valence-electron chi connectivity index (χ4n) is 3.66. The zero-order valence-corrected chi connectivity index (χ0v) is 21.1. The molecule has 5 nitrogen and oxygen atoms in total. The molecule has 0 atom stereocenters. The lowest BCUT2D eigenvalue weighted by Gasteiger charge is -2.19. The lowest BCUT2D eigenvalue weighted by atomic mass is 10.2. The summed E-state index contributed by atoms with van der Waals surface area (Å²) < 4.78 is 6.09. The molecule has 0 aliphatic heterocycles. The van der Waals surface area contributed by atoms with Crippen LogP contribution >= 0.6 is 22.7 Å². The van der Waals surface area contributed by atoms with Gasteiger partial charge in [0.15, 0.2) is 0 Å². The predicted octanol–water partition coefficient (Wildman–Crippen LogP) is 7.23. The van der Waals surface area contributed by atoms with Gasteiger partial charge in [-0.25, -0.2) is 0 Å². The molecule has 4 rings (SSSR count). The maximum Gasteiger partial charge on any atom is 0.270 e. The highest BCUT2D eigenvalue weighted by Crippen LogP contribution is 2.28. The average molecular weight is 503 g/mol. The molecule has 0 aliphatic carbocycles. The van der Waals surface area contributed by atoms with Gasteiger partial charge < -0.3 is 4.74 Å². The first-order valence-corrected chi connectivity index (χ1v) is 13.2. The molecular formula is C28H26N2O3S2. The monoisotopic (exact) mass is 502 g/mol. The minimum atomic E-state index is -0.398. The molecule has 0 aliphatic rings. The van der Waals surface area contributed by atoms with Crippen LogP contribution in [0.2, 0.25) is 0 Å². The molecule has 0 N–H and O–H groups in total. The van der Waals surface area contributed by atoms with Gasteiger partial charge in [0, 0.05) is 29.1 Å². The van der Waals surface area contributed by atoms with Crippen molar-refractivity contribution < 1.29 is 9.66 Å². The highest BCUT2D eigenvalue weighted by atomic mass is 32.1. The van der Waals surface area contributed by atoms with E-state index >= 15 is 0 Å². The maximum absolute atomic E-state index is 11.0. The van der Waals surface area contributed by atoms with E-state index in [9.17, 15) is 10.1 Å². The number of nitrogens with zero attached hydrogens (tertiary/aromatic N) is 2. The number of non-ortho nitro benzene ring substituents is 1. The summed E-state index contributed by atoms with van der Waals surface area (Å²) in [5.74, 6) is 7.08. The van der Waals surface area contributed by atoms with Crippen molar-refractivity contribution in [2.45, 2.75) is 26.5 Å². The molecular weight excluding hydrogens is 476 g/mol. The molecule has 0 amide bonds. The minimum Gasteiger partial charge on any atom is -0.488 e. The van der Waals surface area contributed by atoms with E-state index in [2.05, 4.69) is 64.1 Å². The number of hydrogen-bond donors (Lipinski definition) is 0. The summed E-state index contributed by atoms with van der Waals surface area (Å²) in [6, 6.07) is 19.0. The predicted molar refractivity (Wildman–Crippen MR) is 144 cm³/mol. The van der Waals surface area contributed by atoms with Gasteiger partial charge in [-0.2, -0.15) is 11.3 Å². The molecule has 2 aromatic heterocycles. The van der Waals surface area contributed by atoms with E-state index in [4.69, 9.17) is 4.74 Å². The van der Waals surface area contributed by atoms with Crippen LogP contribution in [-0.2, 0) is 13.2 Å². The second-order valence-electron chi connectivity index (χ2n) is 8.07. The van der Waals surface area contributed by atoms with Gasteiger partial charge in [-0.1, -0.05) is 37.0 Å². The van der Waals surface area contributed by atoms with Crippen LogP contribution in [0.3, 0.4) is 0 Å². The van der Waals surface area contributed by atoms with E-state index < -0.39 is 4.92 Å². The molecule has 0 fully saturated rings. The Bertz CT molecular complexity index is 1320. The summed E-state index contributed by atoms with van der Waals surface area (Å²) in [6.45, 7) is 4.95. The average Bonchev–Trinajstić information content (AvgIpc) is 3.56. The summed E-state index contributed by atoms with van der Waals surface area (Å²) in [5.41, 5.74) is 4.37. The molecule has 0 saturated heterocycles. The Morgan fingerprint density at radius 3 is 2.74 bits per heavy atom. The van der Waals surface area contributed by atoms with E-state index in [-0.39, 0.29) is 5.69 Å². The lowest BCUT2D eigenvalue weighted by Crippen LogP contribution is -2.24. The third-order valence-corrected chi connectivity index (χ3v) is 6.92. The van der Waals surface area contributed by atoms with Crippen molar-refractivity contribution >= 4 is 28.4 Å². The fourth-order valence-corrected chi connectivity index (χ4v) is 5.13. The Morgan fingerprint density at radius 1 is 1.06 bits per heavy atom. The van der Waals surface area contributed by atoms with Crippen LogP contribution in [0.15, 0.2) is 76.8 Å². The Morgan fingerprint density at radius 2 is 1.94 bits per heavy atom. The topological polar surface area (TPSA) is 55.6 Å². The van der Waals surface area contributed by atoms with Crippen molar-refractivity contribution in [2.24, 2.45) is 0 Å². The number of nitro benzene ring substituents is 1. The lowest BCUT2D eigenvalue weighted by molar-refractivity contribution is -0.384.